The molecule has 0 unspecified atom stereocenters. The Kier molecular flexibility index (Phi) is 3.87. The third-order valence-corrected chi connectivity index (χ3v) is 4.15. The van der Waals surface area contributed by atoms with Gasteiger partial charge in [0.15, 0.2) is 0 Å². The van der Waals surface area contributed by atoms with Crippen LogP contribution >= 0.6 is 0 Å². The highest BCUT2D eigenvalue weighted by Crippen LogP contribution is 2.15. The quantitative estimate of drug-likeness (QED) is 0.884. The minimum Gasteiger partial charge on any atom is -0.497 e. The van der Waals surface area contributed by atoms with E-state index in [1.807, 2.05) is 0 Å². The zero-order valence-electron chi connectivity index (χ0n) is 10.7. The Morgan fingerprint density at radius 2 is 1.95 bits per heavy atom. The zero-order valence-corrected chi connectivity index (χ0v) is 11.5. The SMILES string of the molecule is COc1ccc(S(=O)(=O)NCc2ccnn2C)cc1. The molecule has 0 aliphatic carbocycles. The molecule has 1 N–H and O–H groups in total. The summed E-state index contributed by atoms with van der Waals surface area (Å²) in [6.07, 6.45) is 1.62. The first-order valence-corrected chi connectivity index (χ1v) is 7.12. The molecule has 1 heterocycles. The van der Waals surface area contributed by atoms with E-state index in [1.54, 1.807) is 36.1 Å². The van der Waals surface area contributed by atoms with Gasteiger partial charge in [-0.25, -0.2) is 13.1 Å². The average Bonchev–Trinajstić information content (AvgIpc) is 2.82. The summed E-state index contributed by atoms with van der Waals surface area (Å²) in [5.74, 6) is 0.616. The molecule has 19 heavy (non-hydrogen) atoms. The summed E-state index contributed by atoms with van der Waals surface area (Å²) in [4.78, 5) is 0.204. The Bertz CT molecular complexity index is 647. The van der Waals surface area contributed by atoms with Crippen molar-refractivity contribution in [3.8, 4) is 5.75 Å². The minimum absolute atomic E-state index is 0.199. The number of aromatic nitrogens is 2. The molecule has 0 atom stereocenters. The molecule has 102 valence electrons. The summed E-state index contributed by atoms with van der Waals surface area (Å²) in [6.45, 7) is 0.199. The van der Waals surface area contributed by atoms with E-state index >= 15 is 0 Å². The topological polar surface area (TPSA) is 73.2 Å². The summed E-state index contributed by atoms with van der Waals surface area (Å²) in [5, 5.41) is 3.98. The monoisotopic (exact) mass is 281 g/mol. The van der Waals surface area contributed by atoms with Crippen LogP contribution < -0.4 is 9.46 Å². The predicted octanol–water partition coefficient (Wildman–Crippen LogP) is 0.907. The summed E-state index contributed by atoms with van der Waals surface area (Å²) in [7, 11) is -0.232. The van der Waals surface area contributed by atoms with Crippen LogP contribution in [0.15, 0.2) is 41.4 Å². The number of methoxy groups -OCH3 is 1. The summed E-state index contributed by atoms with van der Waals surface area (Å²) in [6, 6.07) is 7.99. The molecule has 2 rings (SSSR count). The van der Waals surface area contributed by atoms with Crippen molar-refractivity contribution in [2.45, 2.75) is 11.4 Å². The fourth-order valence-corrected chi connectivity index (χ4v) is 2.58. The number of rotatable bonds is 5. The molecule has 0 amide bonds. The van der Waals surface area contributed by atoms with Gasteiger partial charge in [0.25, 0.3) is 0 Å². The van der Waals surface area contributed by atoms with Gasteiger partial charge >= 0.3 is 0 Å². The molecule has 6 nitrogen and oxygen atoms in total. The van der Waals surface area contributed by atoms with Crippen LogP contribution in [0.2, 0.25) is 0 Å². The number of hydrogen-bond acceptors (Lipinski definition) is 4. The Hall–Kier alpha value is -1.86. The van der Waals surface area contributed by atoms with Crippen molar-refractivity contribution in [3.05, 3.63) is 42.2 Å². The number of ether oxygens (including phenoxy) is 1. The van der Waals surface area contributed by atoms with Gasteiger partial charge in [-0.15, -0.1) is 0 Å². The first kappa shape index (κ1) is 13.6. The lowest BCUT2D eigenvalue weighted by atomic mass is 10.3. The maximum absolute atomic E-state index is 12.1. The van der Waals surface area contributed by atoms with Gasteiger partial charge in [0.1, 0.15) is 5.75 Å². The van der Waals surface area contributed by atoms with Gasteiger partial charge in [-0.05, 0) is 30.3 Å². The highest BCUT2D eigenvalue weighted by molar-refractivity contribution is 7.89. The number of nitrogens with zero attached hydrogens (tertiary/aromatic N) is 2. The van der Waals surface area contributed by atoms with E-state index in [0.717, 1.165) is 5.69 Å². The molecule has 0 spiro atoms. The second-order valence-electron chi connectivity index (χ2n) is 3.95. The number of benzene rings is 1. The standard InChI is InChI=1S/C12H15N3O3S/c1-15-10(7-8-13-15)9-14-19(16,17)12-5-3-11(18-2)4-6-12/h3-8,14H,9H2,1-2H3. The first-order chi connectivity index (χ1) is 9.03. The van der Waals surface area contributed by atoms with Crippen LogP contribution in [-0.4, -0.2) is 25.3 Å². The Morgan fingerprint density at radius 1 is 1.26 bits per heavy atom. The van der Waals surface area contributed by atoms with Gasteiger partial charge in [-0.2, -0.15) is 5.10 Å². The van der Waals surface area contributed by atoms with Crippen LogP contribution in [0.25, 0.3) is 0 Å². The molecule has 0 aliphatic rings. The Balaban J connectivity index is 2.11. The fourth-order valence-electron chi connectivity index (χ4n) is 1.58. The summed E-state index contributed by atoms with van der Waals surface area (Å²) >= 11 is 0. The second-order valence-corrected chi connectivity index (χ2v) is 5.71. The molecular formula is C12H15N3O3S. The normalized spacial score (nSPS) is 11.5. The largest absolute Gasteiger partial charge is 0.497 e. The molecule has 0 bridgehead atoms. The lowest BCUT2D eigenvalue weighted by Crippen LogP contribution is -2.24. The van der Waals surface area contributed by atoms with E-state index in [2.05, 4.69) is 9.82 Å². The third-order valence-electron chi connectivity index (χ3n) is 2.74. The molecule has 1 aromatic heterocycles. The van der Waals surface area contributed by atoms with E-state index in [-0.39, 0.29) is 11.4 Å². The Labute approximate surface area is 112 Å². The maximum Gasteiger partial charge on any atom is 0.240 e. The maximum atomic E-state index is 12.1. The number of nitrogens with one attached hydrogen (secondary N) is 1. The Morgan fingerprint density at radius 3 is 2.47 bits per heavy atom. The van der Waals surface area contributed by atoms with Crippen LogP contribution in [0.4, 0.5) is 0 Å². The van der Waals surface area contributed by atoms with Crippen molar-refractivity contribution in [2.75, 3.05) is 7.11 Å². The van der Waals surface area contributed by atoms with Crippen molar-refractivity contribution in [2.24, 2.45) is 7.05 Å². The van der Waals surface area contributed by atoms with Gasteiger partial charge in [-0.3, -0.25) is 4.68 Å². The molecule has 0 aliphatic heterocycles. The molecular weight excluding hydrogens is 266 g/mol. The second kappa shape index (κ2) is 5.41. The van der Waals surface area contributed by atoms with Crippen LogP contribution in [0.5, 0.6) is 5.75 Å². The molecule has 0 saturated heterocycles. The van der Waals surface area contributed by atoms with Crippen molar-refractivity contribution >= 4 is 10.0 Å². The summed E-state index contributed by atoms with van der Waals surface area (Å²) in [5.41, 5.74) is 0.789. The van der Waals surface area contributed by atoms with E-state index < -0.39 is 10.0 Å². The highest BCUT2D eigenvalue weighted by atomic mass is 32.2. The fraction of sp³-hybridized carbons (Fsp3) is 0.250. The number of sulfonamides is 1. The first-order valence-electron chi connectivity index (χ1n) is 5.63. The van der Waals surface area contributed by atoms with Gasteiger partial charge in [0.2, 0.25) is 10.0 Å². The smallest absolute Gasteiger partial charge is 0.240 e. The van der Waals surface area contributed by atoms with Crippen molar-refractivity contribution in [3.63, 3.8) is 0 Å². The third kappa shape index (κ3) is 3.12. The van der Waals surface area contributed by atoms with Gasteiger partial charge < -0.3 is 4.74 Å². The number of hydrogen-bond donors (Lipinski definition) is 1. The van der Waals surface area contributed by atoms with Crippen LogP contribution in [0, 0.1) is 0 Å². The lowest BCUT2D eigenvalue weighted by molar-refractivity contribution is 0.414. The van der Waals surface area contributed by atoms with Crippen LogP contribution in [-0.2, 0) is 23.6 Å². The average molecular weight is 281 g/mol. The van der Waals surface area contributed by atoms with Crippen molar-refractivity contribution < 1.29 is 13.2 Å². The predicted molar refractivity (Wildman–Crippen MR) is 70.2 cm³/mol. The van der Waals surface area contributed by atoms with Crippen LogP contribution in [0.3, 0.4) is 0 Å². The van der Waals surface area contributed by atoms with Gasteiger partial charge in [0.05, 0.1) is 24.2 Å². The molecule has 1 aromatic carbocycles. The zero-order chi connectivity index (χ0) is 13.9. The van der Waals surface area contributed by atoms with Crippen molar-refractivity contribution in [1.82, 2.24) is 14.5 Å². The van der Waals surface area contributed by atoms with E-state index in [1.165, 1.54) is 19.2 Å². The molecule has 2 aromatic rings. The van der Waals surface area contributed by atoms with E-state index in [4.69, 9.17) is 4.74 Å². The molecule has 0 saturated carbocycles. The molecule has 0 fully saturated rings. The molecule has 7 heteroatoms. The highest BCUT2D eigenvalue weighted by Gasteiger charge is 2.14. The van der Waals surface area contributed by atoms with Crippen LogP contribution in [0.1, 0.15) is 5.69 Å². The van der Waals surface area contributed by atoms with E-state index in [9.17, 15) is 8.42 Å². The summed E-state index contributed by atoms with van der Waals surface area (Å²) < 4.78 is 33.3. The lowest BCUT2D eigenvalue weighted by Gasteiger charge is -2.07. The van der Waals surface area contributed by atoms with Gasteiger partial charge in [0, 0.05) is 13.2 Å². The number of aryl methyl sites for hydroxylation is 1. The molecule has 0 radical (unpaired) electrons. The van der Waals surface area contributed by atoms with Gasteiger partial charge in [-0.1, -0.05) is 0 Å². The minimum atomic E-state index is -3.52. The van der Waals surface area contributed by atoms with Crippen molar-refractivity contribution in [1.29, 1.82) is 0 Å². The van der Waals surface area contributed by atoms with E-state index in [0.29, 0.717) is 5.75 Å².